The van der Waals surface area contributed by atoms with Gasteiger partial charge in [-0.2, -0.15) is 20.2 Å². The molecular formula is C27H21BrN10O. The number of nitrogens with one attached hydrogen (secondary N) is 1. The Morgan fingerprint density at radius 3 is 2.31 bits per heavy atom. The van der Waals surface area contributed by atoms with Gasteiger partial charge in [0.25, 0.3) is 0 Å². The lowest BCUT2D eigenvalue weighted by atomic mass is 10.2. The Morgan fingerprint density at radius 2 is 1.56 bits per heavy atom. The van der Waals surface area contributed by atoms with E-state index in [1.165, 1.54) is 0 Å². The molecule has 0 aliphatic carbocycles. The highest BCUT2D eigenvalue weighted by Crippen LogP contribution is 2.31. The summed E-state index contributed by atoms with van der Waals surface area (Å²) in [5.74, 6) is 2.10. The van der Waals surface area contributed by atoms with E-state index in [0.29, 0.717) is 55.3 Å². The molecule has 0 saturated carbocycles. The van der Waals surface area contributed by atoms with E-state index in [1.54, 1.807) is 55.0 Å². The minimum Gasteiger partial charge on any atom is -0.423 e. The second-order valence-electron chi connectivity index (χ2n) is 8.65. The summed E-state index contributed by atoms with van der Waals surface area (Å²) in [4.78, 5) is 31.3. The molecule has 1 aliphatic heterocycles. The number of ether oxygens (including phenoxy) is 1. The summed E-state index contributed by atoms with van der Waals surface area (Å²) >= 11 is 3.52. The van der Waals surface area contributed by atoms with Crippen molar-refractivity contribution < 1.29 is 4.74 Å². The van der Waals surface area contributed by atoms with Crippen molar-refractivity contribution in [2.75, 3.05) is 41.3 Å². The van der Waals surface area contributed by atoms with Gasteiger partial charge < -0.3 is 19.9 Å². The Kier molecular flexibility index (Phi) is 6.80. The molecule has 0 atom stereocenters. The fourth-order valence-corrected chi connectivity index (χ4v) is 4.55. The second kappa shape index (κ2) is 10.8. The highest BCUT2D eigenvalue weighted by Gasteiger charge is 2.23. The Hall–Kier alpha value is -4.89. The number of piperazine rings is 1. The molecule has 1 N–H and O–H groups in total. The van der Waals surface area contributed by atoms with Gasteiger partial charge in [0.05, 0.1) is 17.1 Å². The van der Waals surface area contributed by atoms with Crippen LogP contribution in [0.25, 0.3) is 10.9 Å². The van der Waals surface area contributed by atoms with Crippen molar-refractivity contribution in [3.05, 3.63) is 83.2 Å². The number of fused-ring (bicyclic) bond motifs is 1. The molecule has 0 amide bonds. The summed E-state index contributed by atoms with van der Waals surface area (Å²) < 4.78 is 7.13. The van der Waals surface area contributed by atoms with Crippen LogP contribution in [0.1, 0.15) is 5.56 Å². The first kappa shape index (κ1) is 24.4. The third kappa shape index (κ3) is 5.53. The highest BCUT2D eigenvalue weighted by atomic mass is 79.9. The zero-order valence-corrected chi connectivity index (χ0v) is 22.2. The van der Waals surface area contributed by atoms with E-state index in [4.69, 9.17) is 10.00 Å². The molecule has 12 heteroatoms. The van der Waals surface area contributed by atoms with Crippen molar-refractivity contribution >= 4 is 50.4 Å². The number of halogens is 1. The van der Waals surface area contributed by atoms with Gasteiger partial charge in [-0.05, 0) is 54.6 Å². The topological polar surface area (TPSA) is 129 Å². The quantitative estimate of drug-likeness (QED) is 0.299. The SMILES string of the molecule is N#Cc1ccc(Nc2nc(Oc3ccnc4ccc(Br)cc34)nc(N3CCN(c4ncccn4)CC3)n2)cc1. The number of anilines is 4. The largest absolute Gasteiger partial charge is 0.423 e. The lowest BCUT2D eigenvalue weighted by Crippen LogP contribution is -2.47. The molecular weight excluding hydrogens is 560 g/mol. The van der Waals surface area contributed by atoms with Gasteiger partial charge in [-0.25, -0.2) is 9.97 Å². The maximum Gasteiger partial charge on any atom is 0.328 e. The zero-order chi connectivity index (χ0) is 26.6. The molecule has 4 heterocycles. The molecule has 0 spiro atoms. The van der Waals surface area contributed by atoms with E-state index in [-0.39, 0.29) is 6.01 Å². The van der Waals surface area contributed by atoms with Gasteiger partial charge in [0, 0.05) is 60.3 Å². The Bertz CT molecular complexity index is 1650. The maximum atomic E-state index is 9.12. The molecule has 6 rings (SSSR count). The fraction of sp³-hybridized carbons (Fsp3) is 0.148. The number of rotatable bonds is 6. The van der Waals surface area contributed by atoms with Crippen LogP contribution in [0.4, 0.5) is 23.5 Å². The number of nitrogens with zero attached hydrogens (tertiary/aromatic N) is 9. The average Bonchev–Trinajstić information content (AvgIpc) is 2.98. The van der Waals surface area contributed by atoms with Gasteiger partial charge in [0.2, 0.25) is 17.8 Å². The number of hydrogen-bond donors (Lipinski definition) is 1. The third-order valence-electron chi connectivity index (χ3n) is 6.14. The van der Waals surface area contributed by atoms with E-state index in [1.807, 2.05) is 18.2 Å². The van der Waals surface area contributed by atoms with Crippen LogP contribution in [0, 0.1) is 11.3 Å². The van der Waals surface area contributed by atoms with E-state index in [2.05, 4.69) is 67.0 Å². The van der Waals surface area contributed by atoms with Crippen LogP contribution in [0.5, 0.6) is 11.8 Å². The van der Waals surface area contributed by atoms with Crippen molar-refractivity contribution in [3.8, 4) is 17.8 Å². The van der Waals surface area contributed by atoms with Crippen LogP contribution in [-0.4, -0.2) is 56.1 Å². The molecule has 1 aliphatic rings. The first-order valence-corrected chi connectivity index (χ1v) is 13.0. The number of pyridine rings is 1. The van der Waals surface area contributed by atoms with Crippen molar-refractivity contribution in [1.82, 2.24) is 29.9 Å². The number of hydrogen-bond acceptors (Lipinski definition) is 11. The van der Waals surface area contributed by atoms with Crippen LogP contribution in [0.15, 0.2) is 77.7 Å². The molecule has 5 aromatic rings. The fourth-order valence-electron chi connectivity index (χ4n) is 4.19. The maximum absolute atomic E-state index is 9.12. The minimum absolute atomic E-state index is 0.150. The van der Waals surface area contributed by atoms with E-state index >= 15 is 0 Å². The van der Waals surface area contributed by atoms with E-state index in [9.17, 15) is 0 Å². The molecule has 11 nitrogen and oxygen atoms in total. The number of aromatic nitrogens is 6. The molecule has 39 heavy (non-hydrogen) atoms. The van der Waals surface area contributed by atoms with Crippen LogP contribution in [0.3, 0.4) is 0 Å². The summed E-state index contributed by atoms with van der Waals surface area (Å²) in [7, 11) is 0. The standard InChI is InChI=1S/C27H21BrN10O/c28-19-4-7-22-21(16-19)23(8-11-30-22)39-27-35-24(33-20-5-2-18(17-29)3-6-20)34-26(36-27)38-14-12-37(13-15-38)25-31-9-1-10-32-25/h1-11,16H,12-15H2,(H,33,34,35,36). The predicted molar refractivity (Wildman–Crippen MR) is 150 cm³/mol. The number of nitriles is 1. The lowest BCUT2D eigenvalue weighted by Gasteiger charge is -2.34. The molecule has 2 aromatic carbocycles. The second-order valence-corrected chi connectivity index (χ2v) is 9.57. The van der Waals surface area contributed by atoms with Gasteiger partial charge in [0.15, 0.2) is 0 Å². The van der Waals surface area contributed by atoms with Crippen molar-refractivity contribution in [3.63, 3.8) is 0 Å². The summed E-state index contributed by atoms with van der Waals surface area (Å²) in [6, 6.07) is 18.7. The zero-order valence-electron chi connectivity index (χ0n) is 20.6. The number of benzene rings is 2. The average molecular weight is 581 g/mol. The van der Waals surface area contributed by atoms with Gasteiger partial charge in [-0.3, -0.25) is 4.98 Å². The van der Waals surface area contributed by atoms with Crippen LogP contribution < -0.4 is 19.9 Å². The third-order valence-corrected chi connectivity index (χ3v) is 6.63. The van der Waals surface area contributed by atoms with Crippen LogP contribution in [-0.2, 0) is 0 Å². The van der Waals surface area contributed by atoms with Crippen LogP contribution >= 0.6 is 15.9 Å². The molecule has 1 fully saturated rings. The minimum atomic E-state index is 0.150. The van der Waals surface area contributed by atoms with Gasteiger partial charge >= 0.3 is 6.01 Å². The van der Waals surface area contributed by atoms with Crippen molar-refractivity contribution in [1.29, 1.82) is 5.26 Å². The molecule has 0 bridgehead atoms. The monoisotopic (exact) mass is 580 g/mol. The Balaban J connectivity index is 1.31. The van der Waals surface area contributed by atoms with Gasteiger partial charge in [-0.1, -0.05) is 15.9 Å². The molecule has 3 aromatic heterocycles. The van der Waals surface area contributed by atoms with Crippen molar-refractivity contribution in [2.24, 2.45) is 0 Å². The Labute approximate surface area is 232 Å². The van der Waals surface area contributed by atoms with Gasteiger partial charge in [0.1, 0.15) is 5.75 Å². The summed E-state index contributed by atoms with van der Waals surface area (Å²) in [6.07, 6.45) is 5.17. The first-order valence-electron chi connectivity index (χ1n) is 12.2. The molecule has 192 valence electrons. The Morgan fingerprint density at radius 1 is 0.821 bits per heavy atom. The molecule has 0 unspecified atom stereocenters. The predicted octanol–water partition coefficient (Wildman–Crippen LogP) is 4.71. The van der Waals surface area contributed by atoms with E-state index in [0.717, 1.165) is 21.1 Å². The van der Waals surface area contributed by atoms with E-state index < -0.39 is 0 Å². The summed E-state index contributed by atoms with van der Waals surface area (Å²) in [5.41, 5.74) is 2.10. The lowest BCUT2D eigenvalue weighted by molar-refractivity contribution is 0.444. The normalized spacial score (nSPS) is 13.2. The summed E-state index contributed by atoms with van der Waals surface area (Å²) in [6.45, 7) is 2.77. The first-order chi connectivity index (χ1) is 19.1. The molecule has 0 radical (unpaired) electrons. The smallest absolute Gasteiger partial charge is 0.328 e. The van der Waals surface area contributed by atoms with Gasteiger partial charge in [-0.15, -0.1) is 0 Å². The van der Waals surface area contributed by atoms with Crippen molar-refractivity contribution in [2.45, 2.75) is 0 Å². The molecule has 1 saturated heterocycles. The highest BCUT2D eigenvalue weighted by molar-refractivity contribution is 9.10. The summed E-state index contributed by atoms with van der Waals surface area (Å²) in [5, 5.41) is 13.2. The van der Waals surface area contributed by atoms with Crippen LogP contribution in [0.2, 0.25) is 0 Å².